The van der Waals surface area contributed by atoms with Crippen LogP contribution in [0.5, 0.6) is 5.75 Å². The Balaban J connectivity index is 1.65. The zero-order chi connectivity index (χ0) is 20.5. The van der Waals surface area contributed by atoms with Crippen LogP contribution in [0.25, 0.3) is 22.0 Å². The van der Waals surface area contributed by atoms with Crippen molar-refractivity contribution in [3.8, 4) is 16.9 Å². The number of pyridine rings is 1. The Morgan fingerprint density at radius 3 is 2.66 bits per heavy atom. The third-order valence-corrected chi connectivity index (χ3v) is 4.77. The smallest absolute Gasteiger partial charge is 0.337 e. The number of ether oxygens (including phenoxy) is 1. The third-order valence-electron chi connectivity index (χ3n) is 4.55. The van der Waals surface area contributed by atoms with E-state index in [4.69, 9.17) is 16.3 Å². The summed E-state index contributed by atoms with van der Waals surface area (Å²) >= 11 is 6.00. The van der Waals surface area contributed by atoms with Gasteiger partial charge in [0.2, 0.25) is 0 Å². The lowest BCUT2D eigenvalue weighted by atomic mass is 10.1. The zero-order valence-electron chi connectivity index (χ0n) is 15.3. The number of nitrogens with zero attached hydrogens (tertiary/aromatic N) is 3. The Kier molecular flexibility index (Phi) is 4.90. The van der Waals surface area contributed by atoms with Gasteiger partial charge < -0.3 is 9.84 Å². The van der Waals surface area contributed by atoms with Crippen molar-refractivity contribution in [3.63, 3.8) is 0 Å². The van der Waals surface area contributed by atoms with E-state index in [1.54, 1.807) is 35.3 Å². The minimum atomic E-state index is -1.08. The van der Waals surface area contributed by atoms with Gasteiger partial charge in [0.15, 0.2) is 11.6 Å². The second-order valence-corrected chi connectivity index (χ2v) is 6.82. The number of carboxylic acids is 1. The molecule has 0 amide bonds. The Hall–Kier alpha value is -3.45. The summed E-state index contributed by atoms with van der Waals surface area (Å²) in [6.45, 7) is 0.290. The lowest BCUT2D eigenvalue weighted by molar-refractivity contribution is 0.0698. The minimum Gasteiger partial charge on any atom is -0.494 e. The normalized spacial score (nSPS) is 11.0. The Morgan fingerprint density at radius 1 is 1.17 bits per heavy atom. The number of methoxy groups -OCH3 is 1. The Labute approximate surface area is 170 Å². The van der Waals surface area contributed by atoms with E-state index in [1.807, 2.05) is 12.1 Å². The van der Waals surface area contributed by atoms with Crippen LogP contribution in [-0.4, -0.2) is 33.0 Å². The summed E-state index contributed by atoms with van der Waals surface area (Å²) in [6.07, 6.45) is 3.25. The van der Waals surface area contributed by atoms with Gasteiger partial charge >= 0.3 is 5.97 Å². The van der Waals surface area contributed by atoms with Crippen molar-refractivity contribution in [2.45, 2.75) is 6.54 Å². The molecule has 6 nitrogen and oxygen atoms in total. The maximum absolute atomic E-state index is 13.6. The highest BCUT2D eigenvalue weighted by atomic mass is 35.5. The molecule has 4 rings (SSSR count). The number of aromatic carboxylic acids is 1. The molecule has 2 aromatic heterocycles. The van der Waals surface area contributed by atoms with Crippen LogP contribution >= 0.6 is 11.6 Å². The SMILES string of the molecule is COc1cc(-c2ccc(Cn3ncc4cc(Cl)cc(C(=O)O)c43)nc2)ccc1F. The molecule has 0 radical (unpaired) electrons. The van der Waals surface area contributed by atoms with E-state index in [-0.39, 0.29) is 11.3 Å². The lowest BCUT2D eigenvalue weighted by Gasteiger charge is -2.08. The highest BCUT2D eigenvalue weighted by Crippen LogP contribution is 2.27. The molecular formula is C21H15ClFN3O3. The van der Waals surface area contributed by atoms with E-state index in [9.17, 15) is 14.3 Å². The molecule has 4 aromatic rings. The predicted octanol–water partition coefficient (Wildman–Crippen LogP) is 4.65. The van der Waals surface area contributed by atoms with Crippen LogP contribution in [0.2, 0.25) is 5.02 Å². The van der Waals surface area contributed by atoms with Gasteiger partial charge in [0, 0.05) is 22.2 Å². The van der Waals surface area contributed by atoms with Crippen molar-refractivity contribution in [1.82, 2.24) is 14.8 Å². The maximum atomic E-state index is 13.6. The van der Waals surface area contributed by atoms with Crippen molar-refractivity contribution in [1.29, 1.82) is 0 Å². The molecule has 0 saturated carbocycles. The zero-order valence-corrected chi connectivity index (χ0v) is 16.0. The van der Waals surface area contributed by atoms with Gasteiger partial charge in [0.05, 0.1) is 36.6 Å². The summed E-state index contributed by atoms with van der Waals surface area (Å²) in [4.78, 5) is 16.0. The van der Waals surface area contributed by atoms with Crippen LogP contribution < -0.4 is 4.74 Å². The van der Waals surface area contributed by atoms with Crippen molar-refractivity contribution in [3.05, 3.63) is 77.0 Å². The van der Waals surface area contributed by atoms with Gasteiger partial charge in [-0.2, -0.15) is 5.10 Å². The van der Waals surface area contributed by atoms with Crippen LogP contribution in [-0.2, 0) is 6.54 Å². The molecule has 2 aromatic carbocycles. The molecule has 1 N–H and O–H groups in total. The fourth-order valence-electron chi connectivity index (χ4n) is 3.16. The second-order valence-electron chi connectivity index (χ2n) is 6.39. The predicted molar refractivity (Wildman–Crippen MR) is 107 cm³/mol. The van der Waals surface area contributed by atoms with E-state index in [2.05, 4.69) is 10.1 Å². The van der Waals surface area contributed by atoms with Crippen LogP contribution in [0.15, 0.2) is 54.9 Å². The van der Waals surface area contributed by atoms with Crippen molar-refractivity contribution < 1.29 is 19.0 Å². The molecule has 0 saturated heterocycles. The number of aromatic nitrogens is 3. The number of fused-ring (bicyclic) bond motifs is 1. The first-order valence-corrected chi connectivity index (χ1v) is 9.01. The van der Waals surface area contributed by atoms with Crippen molar-refractivity contribution >= 4 is 28.5 Å². The standard InChI is InChI=1S/C21H15ClFN3O3/c1-29-19-7-12(3-5-18(19)23)13-2-4-16(24-9-13)11-26-20-14(10-25-26)6-15(22)8-17(20)21(27)28/h2-10H,11H2,1H3,(H,27,28). The molecule has 0 unspecified atom stereocenters. The molecule has 0 spiro atoms. The average molecular weight is 412 g/mol. The van der Waals surface area contributed by atoms with Gasteiger partial charge in [-0.3, -0.25) is 9.67 Å². The average Bonchev–Trinajstić information content (AvgIpc) is 3.10. The molecule has 0 atom stereocenters. The van der Waals surface area contributed by atoms with Crippen molar-refractivity contribution in [2.75, 3.05) is 7.11 Å². The summed E-state index contributed by atoms with van der Waals surface area (Å²) in [7, 11) is 1.41. The summed E-state index contributed by atoms with van der Waals surface area (Å²) in [5, 5.41) is 14.8. The van der Waals surface area contributed by atoms with E-state index < -0.39 is 11.8 Å². The summed E-state index contributed by atoms with van der Waals surface area (Å²) in [5.74, 6) is -1.34. The van der Waals surface area contributed by atoms with Crippen LogP contribution in [0.4, 0.5) is 4.39 Å². The van der Waals surface area contributed by atoms with Gasteiger partial charge in [-0.25, -0.2) is 9.18 Å². The molecule has 146 valence electrons. The van der Waals surface area contributed by atoms with Gasteiger partial charge in [-0.05, 0) is 35.9 Å². The van der Waals surface area contributed by atoms with Gasteiger partial charge in [-0.15, -0.1) is 0 Å². The second kappa shape index (κ2) is 7.52. The molecule has 29 heavy (non-hydrogen) atoms. The van der Waals surface area contributed by atoms with Crippen LogP contribution in [0, 0.1) is 5.82 Å². The lowest BCUT2D eigenvalue weighted by Crippen LogP contribution is -2.07. The highest BCUT2D eigenvalue weighted by Gasteiger charge is 2.16. The molecule has 0 fully saturated rings. The molecule has 0 aliphatic heterocycles. The van der Waals surface area contributed by atoms with Gasteiger partial charge in [-0.1, -0.05) is 23.7 Å². The summed E-state index contributed by atoms with van der Waals surface area (Å²) in [5.41, 5.74) is 2.83. The number of halogens is 2. The first-order chi connectivity index (χ1) is 14.0. The number of hydrogen-bond donors (Lipinski definition) is 1. The van der Waals surface area contributed by atoms with Crippen LogP contribution in [0.3, 0.4) is 0 Å². The fourth-order valence-corrected chi connectivity index (χ4v) is 3.39. The van der Waals surface area contributed by atoms with E-state index in [0.29, 0.717) is 28.2 Å². The summed E-state index contributed by atoms with van der Waals surface area (Å²) in [6, 6.07) is 11.4. The Bertz CT molecular complexity index is 1220. The molecule has 0 aliphatic rings. The van der Waals surface area contributed by atoms with E-state index in [1.165, 1.54) is 19.2 Å². The quantitative estimate of drug-likeness (QED) is 0.517. The maximum Gasteiger partial charge on any atom is 0.337 e. The largest absolute Gasteiger partial charge is 0.494 e. The van der Waals surface area contributed by atoms with Gasteiger partial charge in [0.1, 0.15) is 0 Å². The highest BCUT2D eigenvalue weighted by molar-refractivity contribution is 6.32. The van der Waals surface area contributed by atoms with Crippen molar-refractivity contribution in [2.24, 2.45) is 0 Å². The van der Waals surface area contributed by atoms with E-state index >= 15 is 0 Å². The number of benzene rings is 2. The first-order valence-electron chi connectivity index (χ1n) is 8.63. The van der Waals surface area contributed by atoms with E-state index in [0.717, 1.165) is 11.1 Å². The number of carbonyl (C=O) groups is 1. The minimum absolute atomic E-state index is 0.0834. The molecule has 2 heterocycles. The molecule has 0 bridgehead atoms. The number of hydrogen-bond acceptors (Lipinski definition) is 4. The third kappa shape index (κ3) is 3.64. The number of rotatable bonds is 5. The molecule has 8 heteroatoms. The number of carboxylic acid groups (broad SMARTS) is 1. The van der Waals surface area contributed by atoms with Crippen LogP contribution in [0.1, 0.15) is 16.1 Å². The molecular weight excluding hydrogens is 397 g/mol. The molecule has 0 aliphatic carbocycles. The first kappa shape index (κ1) is 18.9. The Morgan fingerprint density at radius 2 is 1.97 bits per heavy atom. The summed E-state index contributed by atoms with van der Waals surface area (Å²) < 4.78 is 20.2. The monoisotopic (exact) mass is 411 g/mol. The van der Waals surface area contributed by atoms with Gasteiger partial charge in [0.25, 0.3) is 0 Å². The topological polar surface area (TPSA) is 77.2 Å². The fraction of sp³-hybridized carbons (Fsp3) is 0.0952.